The highest BCUT2D eigenvalue weighted by Gasteiger charge is 2.23. The van der Waals surface area contributed by atoms with Crippen LogP contribution in [-0.4, -0.2) is 50.8 Å². The van der Waals surface area contributed by atoms with Gasteiger partial charge in [-0.15, -0.1) is 0 Å². The van der Waals surface area contributed by atoms with Gasteiger partial charge in [-0.05, 0) is 75.7 Å². The van der Waals surface area contributed by atoms with Crippen LogP contribution in [0.3, 0.4) is 0 Å². The second kappa shape index (κ2) is 11.8. The van der Waals surface area contributed by atoms with Crippen molar-refractivity contribution in [2.24, 2.45) is 5.92 Å². The zero-order valence-corrected chi connectivity index (χ0v) is 22.0. The Hall–Kier alpha value is -2.71. The van der Waals surface area contributed by atoms with E-state index in [0.717, 1.165) is 85.1 Å². The fraction of sp³-hybridized carbons (Fsp3) is 0.519. The summed E-state index contributed by atoms with van der Waals surface area (Å²) in [6.45, 7) is 11.1. The summed E-state index contributed by atoms with van der Waals surface area (Å²) in [6.07, 6.45) is 4.39. The Balaban J connectivity index is 1.32. The number of nitrogens with one attached hydrogen (secondary N) is 1. The van der Waals surface area contributed by atoms with Crippen LogP contribution in [0.1, 0.15) is 48.8 Å². The Bertz CT molecular complexity index is 1140. The van der Waals surface area contributed by atoms with Gasteiger partial charge in [-0.2, -0.15) is 0 Å². The number of rotatable bonds is 9. The van der Waals surface area contributed by atoms with Gasteiger partial charge in [-0.25, -0.2) is 9.97 Å². The van der Waals surface area contributed by atoms with Gasteiger partial charge in [0.2, 0.25) is 0 Å². The van der Waals surface area contributed by atoms with Gasteiger partial charge in [0.25, 0.3) is 0 Å². The van der Waals surface area contributed by atoms with Crippen LogP contribution in [0, 0.1) is 19.8 Å². The van der Waals surface area contributed by atoms with Gasteiger partial charge in [-0.1, -0.05) is 30.3 Å². The molecule has 3 aromatic rings. The predicted octanol–water partition coefficient (Wildman–Crippen LogP) is 4.39. The van der Waals surface area contributed by atoms with E-state index in [-0.39, 0.29) is 0 Å². The number of benzene rings is 1. The zero-order chi connectivity index (χ0) is 24.8. The number of thiocarbonyl (C=S) groups is 1. The van der Waals surface area contributed by atoms with Crippen LogP contribution in [0.4, 0.5) is 5.82 Å². The quantitative estimate of drug-likeness (QED) is 0.427. The molecule has 2 aromatic heterocycles. The van der Waals surface area contributed by atoms with Crippen LogP contribution in [0.5, 0.6) is 0 Å². The number of pyridine rings is 1. The summed E-state index contributed by atoms with van der Waals surface area (Å²) in [5.41, 5.74) is 11.6. The van der Waals surface area contributed by atoms with E-state index >= 15 is 0 Å². The number of nitrogen functional groups attached to an aromatic ring is 1. The van der Waals surface area contributed by atoms with Crippen LogP contribution in [0.2, 0.25) is 0 Å². The molecule has 0 unspecified atom stereocenters. The highest BCUT2D eigenvalue weighted by molar-refractivity contribution is 7.80. The van der Waals surface area contributed by atoms with Crippen LogP contribution in [0.15, 0.2) is 30.3 Å². The summed E-state index contributed by atoms with van der Waals surface area (Å²) in [6, 6.07) is 10.5. The molecule has 0 saturated carbocycles. The van der Waals surface area contributed by atoms with Gasteiger partial charge >= 0.3 is 0 Å². The van der Waals surface area contributed by atoms with Crippen molar-refractivity contribution in [3.8, 4) is 0 Å². The van der Waals surface area contributed by atoms with Crippen molar-refractivity contribution in [3.63, 3.8) is 0 Å². The molecule has 188 valence electrons. The number of anilines is 1. The number of nitrogens with two attached hydrogens (primary N) is 1. The Morgan fingerprint density at radius 3 is 2.63 bits per heavy atom. The number of nitrogens with zero attached hydrogens (tertiary/aromatic N) is 4. The van der Waals surface area contributed by atoms with Crippen molar-refractivity contribution < 1.29 is 4.74 Å². The fourth-order valence-electron chi connectivity index (χ4n) is 4.90. The van der Waals surface area contributed by atoms with Crippen molar-refractivity contribution in [2.75, 3.05) is 32.0 Å². The van der Waals surface area contributed by atoms with Crippen molar-refractivity contribution in [1.82, 2.24) is 24.8 Å². The third-order valence-electron chi connectivity index (χ3n) is 7.11. The van der Waals surface area contributed by atoms with Crippen LogP contribution in [0.25, 0.3) is 11.0 Å². The summed E-state index contributed by atoms with van der Waals surface area (Å²) < 4.78 is 8.03. The van der Waals surface area contributed by atoms with Gasteiger partial charge in [0.1, 0.15) is 17.9 Å². The third kappa shape index (κ3) is 6.11. The van der Waals surface area contributed by atoms with Crippen molar-refractivity contribution >= 4 is 34.2 Å². The Morgan fingerprint density at radius 2 is 1.91 bits per heavy atom. The molecule has 1 aromatic carbocycles. The number of hydrogen-bond donors (Lipinski definition) is 2. The monoisotopic (exact) mass is 494 g/mol. The van der Waals surface area contributed by atoms with Crippen molar-refractivity contribution in [1.29, 1.82) is 0 Å². The molecule has 3 N–H and O–H groups in total. The SMILES string of the molecule is CCOCc1nc2c(N)nc(C)c(C)c2n1CCC1CCN(C(=S)NCCc2ccccc2)CC1. The maximum atomic E-state index is 6.24. The van der Waals surface area contributed by atoms with Gasteiger partial charge in [-0.3, -0.25) is 0 Å². The molecule has 0 atom stereocenters. The average molecular weight is 495 g/mol. The van der Waals surface area contributed by atoms with E-state index < -0.39 is 0 Å². The molecule has 0 spiro atoms. The molecule has 1 aliphatic rings. The summed E-state index contributed by atoms with van der Waals surface area (Å²) in [5.74, 6) is 2.10. The molecule has 4 rings (SSSR count). The van der Waals surface area contributed by atoms with E-state index in [1.165, 1.54) is 5.56 Å². The number of ether oxygens (including phenoxy) is 1. The fourth-order valence-corrected chi connectivity index (χ4v) is 5.18. The maximum absolute atomic E-state index is 6.24. The van der Waals surface area contributed by atoms with Crippen molar-refractivity contribution in [3.05, 3.63) is 53.0 Å². The first-order chi connectivity index (χ1) is 17.0. The third-order valence-corrected chi connectivity index (χ3v) is 7.51. The molecule has 7 nitrogen and oxygen atoms in total. The van der Waals surface area contributed by atoms with E-state index in [4.69, 9.17) is 27.7 Å². The molecule has 0 bridgehead atoms. The standard InChI is InChI=1S/C27H38N6OS/c1-4-34-18-23-31-24-25(19(2)20(3)30-26(24)28)33(23)17-13-22-11-15-32(16-12-22)27(35)29-14-10-21-8-6-5-7-9-21/h5-9,22H,4,10-18H2,1-3H3,(H2,28,30)(H,29,35). The first-order valence-corrected chi connectivity index (χ1v) is 13.1. The van der Waals surface area contributed by atoms with E-state index in [9.17, 15) is 0 Å². The van der Waals surface area contributed by atoms with Crippen LogP contribution < -0.4 is 11.1 Å². The molecule has 0 aliphatic carbocycles. The lowest BCUT2D eigenvalue weighted by Crippen LogP contribution is -2.44. The second-order valence-corrected chi connectivity index (χ2v) is 9.79. The molecule has 0 radical (unpaired) electrons. The lowest BCUT2D eigenvalue weighted by molar-refractivity contribution is 0.125. The Labute approximate surface area is 214 Å². The van der Waals surface area contributed by atoms with Gasteiger partial charge in [0.05, 0.1) is 5.52 Å². The number of likely N-dealkylation sites (tertiary alicyclic amines) is 1. The molecule has 1 fully saturated rings. The molecule has 35 heavy (non-hydrogen) atoms. The number of piperidine rings is 1. The minimum Gasteiger partial charge on any atom is -0.382 e. The zero-order valence-electron chi connectivity index (χ0n) is 21.2. The minimum absolute atomic E-state index is 0.491. The summed E-state index contributed by atoms with van der Waals surface area (Å²) >= 11 is 5.68. The Morgan fingerprint density at radius 1 is 1.17 bits per heavy atom. The highest BCUT2D eigenvalue weighted by Crippen LogP contribution is 2.28. The van der Waals surface area contributed by atoms with E-state index in [1.807, 2.05) is 13.8 Å². The van der Waals surface area contributed by atoms with E-state index in [2.05, 4.69) is 57.0 Å². The number of hydrogen-bond acceptors (Lipinski definition) is 5. The lowest BCUT2D eigenvalue weighted by atomic mass is 9.93. The van der Waals surface area contributed by atoms with Gasteiger partial charge in [0, 0.05) is 38.5 Å². The predicted molar refractivity (Wildman–Crippen MR) is 146 cm³/mol. The smallest absolute Gasteiger partial charge is 0.168 e. The Kier molecular flexibility index (Phi) is 8.57. The summed E-state index contributed by atoms with van der Waals surface area (Å²) in [4.78, 5) is 11.6. The average Bonchev–Trinajstić information content (AvgIpc) is 3.24. The minimum atomic E-state index is 0.491. The maximum Gasteiger partial charge on any atom is 0.168 e. The highest BCUT2D eigenvalue weighted by atomic mass is 32.1. The molecule has 1 aliphatic heterocycles. The second-order valence-electron chi connectivity index (χ2n) is 9.41. The van der Waals surface area contributed by atoms with Gasteiger partial charge < -0.3 is 25.3 Å². The van der Waals surface area contributed by atoms with Crippen LogP contribution in [-0.2, 0) is 24.3 Å². The van der Waals surface area contributed by atoms with Gasteiger partial charge in [0.15, 0.2) is 10.9 Å². The lowest BCUT2D eigenvalue weighted by Gasteiger charge is -2.34. The molecule has 8 heteroatoms. The number of aryl methyl sites for hydroxylation is 3. The van der Waals surface area contributed by atoms with E-state index in [1.54, 1.807) is 0 Å². The topological polar surface area (TPSA) is 81.2 Å². The summed E-state index contributed by atoms with van der Waals surface area (Å²) in [5, 5.41) is 4.33. The summed E-state index contributed by atoms with van der Waals surface area (Å²) in [7, 11) is 0. The van der Waals surface area contributed by atoms with Crippen molar-refractivity contribution in [2.45, 2.75) is 59.6 Å². The molecule has 0 amide bonds. The number of fused-ring (bicyclic) bond motifs is 1. The normalized spacial score (nSPS) is 14.5. The number of imidazole rings is 1. The first-order valence-electron chi connectivity index (χ1n) is 12.7. The molecular weight excluding hydrogens is 456 g/mol. The first kappa shape index (κ1) is 25.4. The molecular formula is C27H38N6OS. The largest absolute Gasteiger partial charge is 0.382 e. The van der Waals surface area contributed by atoms with E-state index in [0.29, 0.717) is 24.9 Å². The molecule has 3 heterocycles. The van der Waals surface area contributed by atoms with Crippen LogP contribution >= 0.6 is 12.2 Å². The molecule has 1 saturated heterocycles. The number of aromatic nitrogens is 3.